The molecule has 0 saturated heterocycles. The van der Waals surface area contributed by atoms with Crippen LogP contribution in [0.4, 0.5) is 0 Å². The Morgan fingerprint density at radius 1 is 0.432 bits per heavy atom. The Bertz CT molecular complexity index is 555. The summed E-state index contributed by atoms with van der Waals surface area (Å²) < 4.78 is 11.3. The summed E-state index contributed by atoms with van der Waals surface area (Å²) in [5.74, 6) is 0.349. The molecule has 44 heavy (non-hydrogen) atoms. The molecule has 0 rings (SSSR count). The van der Waals surface area contributed by atoms with Crippen LogP contribution in [0.2, 0.25) is 0 Å². The van der Waals surface area contributed by atoms with Gasteiger partial charge in [-0.1, -0.05) is 213 Å². The minimum Gasteiger partial charge on any atom is -0.463 e. The molecule has 3 unspecified atom stereocenters. The van der Waals surface area contributed by atoms with Crippen molar-refractivity contribution in [2.45, 2.75) is 239 Å². The molecule has 3 atom stereocenters. The van der Waals surface area contributed by atoms with Gasteiger partial charge in [-0.05, 0) is 25.2 Å². The first-order valence-electron chi connectivity index (χ1n) is 20.2. The number of ether oxygens (including phenoxy) is 1. The average Bonchev–Trinajstić information content (AvgIpc) is 3.03. The van der Waals surface area contributed by atoms with Gasteiger partial charge in [-0.15, -0.1) is 0 Å². The number of carbonyl (C=O) groups is 1. The Labute approximate surface area is 280 Å². The van der Waals surface area contributed by atoms with E-state index in [-0.39, 0.29) is 5.97 Å². The second kappa shape index (κ2) is 37.3. The fraction of sp³-hybridized carbons (Fsp3) is 0.975. The molecular formula is C40H81O3P. The standard InChI is InChI=1S/C40H81O3P/c1-4-7-10-13-15-17-19-21-22-24-26-28-30-32-35-38(37-42-40(41)39(43-44)36-33-12-9-6-3)34-31-29-27-25-23-20-18-16-14-11-8-5-2/h38-39H,4-37,44H2,1-3H3. The highest BCUT2D eigenvalue weighted by atomic mass is 31.0. The van der Waals surface area contributed by atoms with E-state index in [0.717, 1.165) is 19.3 Å². The molecule has 0 aliphatic rings. The van der Waals surface area contributed by atoms with Gasteiger partial charge in [0.1, 0.15) is 0 Å². The van der Waals surface area contributed by atoms with Gasteiger partial charge in [0, 0.05) is 9.47 Å². The van der Waals surface area contributed by atoms with Crippen LogP contribution >= 0.6 is 9.47 Å². The van der Waals surface area contributed by atoms with E-state index in [0.29, 0.717) is 12.5 Å². The molecule has 0 aliphatic heterocycles. The monoisotopic (exact) mass is 641 g/mol. The predicted molar refractivity (Wildman–Crippen MR) is 198 cm³/mol. The molecule has 0 fully saturated rings. The molecule has 0 aliphatic carbocycles. The molecule has 0 amide bonds. The largest absolute Gasteiger partial charge is 0.463 e. The first-order valence-corrected chi connectivity index (χ1v) is 20.7. The highest BCUT2D eigenvalue weighted by Gasteiger charge is 2.21. The molecule has 0 aromatic rings. The molecule has 0 radical (unpaired) electrons. The third-order valence-electron chi connectivity index (χ3n) is 9.64. The van der Waals surface area contributed by atoms with Gasteiger partial charge in [0.2, 0.25) is 0 Å². The van der Waals surface area contributed by atoms with Crippen molar-refractivity contribution in [3.63, 3.8) is 0 Å². The minimum atomic E-state index is -0.426. The molecule has 0 aromatic carbocycles. The summed E-state index contributed by atoms with van der Waals surface area (Å²) in [7, 11) is 2.29. The van der Waals surface area contributed by atoms with Crippen molar-refractivity contribution < 1.29 is 14.1 Å². The molecule has 0 spiro atoms. The van der Waals surface area contributed by atoms with Crippen LogP contribution in [-0.4, -0.2) is 18.7 Å². The van der Waals surface area contributed by atoms with Crippen LogP contribution in [0.25, 0.3) is 0 Å². The number of hydrogen-bond acceptors (Lipinski definition) is 3. The average molecular weight is 641 g/mol. The smallest absolute Gasteiger partial charge is 0.335 e. The van der Waals surface area contributed by atoms with E-state index in [9.17, 15) is 4.79 Å². The SMILES string of the molecule is CCCCCCCCCCCCCCCCC(CCCCCCCCCCCCCC)COC(=O)C(CCCCCC)OP. The highest BCUT2D eigenvalue weighted by Crippen LogP contribution is 2.22. The molecule has 0 N–H and O–H groups in total. The summed E-state index contributed by atoms with van der Waals surface area (Å²) in [6, 6.07) is 0. The lowest BCUT2D eigenvalue weighted by atomic mass is 9.94. The maximum atomic E-state index is 12.8. The van der Waals surface area contributed by atoms with Gasteiger partial charge in [-0.2, -0.15) is 0 Å². The number of hydrogen-bond donors (Lipinski definition) is 0. The van der Waals surface area contributed by atoms with E-state index in [1.807, 2.05) is 0 Å². The number of rotatable bonds is 37. The van der Waals surface area contributed by atoms with E-state index >= 15 is 0 Å². The number of unbranched alkanes of at least 4 members (excludes halogenated alkanes) is 27. The van der Waals surface area contributed by atoms with Crippen LogP contribution < -0.4 is 0 Å². The topological polar surface area (TPSA) is 35.5 Å². The molecule has 3 nitrogen and oxygen atoms in total. The zero-order chi connectivity index (χ0) is 32.2. The van der Waals surface area contributed by atoms with Crippen LogP contribution in [0.15, 0.2) is 0 Å². The van der Waals surface area contributed by atoms with Crippen molar-refractivity contribution in [1.82, 2.24) is 0 Å². The van der Waals surface area contributed by atoms with Crippen molar-refractivity contribution in [1.29, 1.82) is 0 Å². The molecule has 4 heteroatoms. The molecule has 264 valence electrons. The van der Waals surface area contributed by atoms with Gasteiger partial charge >= 0.3 is 5.97 Å². The van der Waals surface area contributed by atoms with Crippen LogP contribution in [-0.2, 0) is 14.1 Å². The Balaban J connectivity index is 4.18. The Morgan fingerprint density at radius 2 is 0.705 bits per heavy atom. The normalized spacial score (nSPS) is 12.9. The third-order valence-corrected chi connectivity index (χ3v) is 9.97. The Kier molecular flexibility index (Phi) is 37.2. The summed E-state index contributed by atoms with van der Waals surface area (Å²) in [4.78, 5) is 12.8. The van der Waals surface area contributed by atoms with Gasteiger partial charge in [-0.25, -0.2) is 4.79 Å². The number of carbonyl (C=O) groups excluding carboxylic acids is 1. The predicted octanol–water partition coefficient (Wildman–Crippen LogP) is 14.3. The third kappa shape index (κ3) is 31.8. The first kappa shape index (κ1) is 43.9. The molecule has 0 bridgehead atoms. The van der Waals surface area contributed by atoms with E-state index in [4.69, 9.17) is 9.26 Å². The zero-order valence-corrected chi connectivity index (χ0v) is 31.7. The van der Waals surface area contributed by atoms with Crippen molar-refractivity contribution in [3.8, 4) is 0 Å². The van der Waals surface area contributed by atoms with Crippen LogP contribution in [0.1, 0.15) is 233 Å². The fourth-order valence-corrected chi connectivity index (χ4v) is 6.75. The molecule has 0 heterocycles. The molecule has 0 aromatic heterocycles. The summed E-state index contributed by atoms with van der Waals surface area (Å²) >= 11 is 0. The van der Waals surface area contributed by atoms with Crippen molar-refractivity contribution >= 4 is 15.4 Å². The Morgan fingerprint density at radius 3 is 1.02 bits per heavy atom. The van der Waals surface area contributed by atoms with Gasteiger partial charge < -0.3 is 9.26 Å². The lowest BCUT2D eigenvalue weighted by Crippen LogP contribution is -2.26. The zero-order valence-electron chi connectivity index (χ0n) is 30.5. The maximum Gasteiger partial charge on any atom is 0.335 e. The summed E-state index contributed by atoms with van der Waals surface area (Å²) in [5, 5.41) is 0. The molecule has 0 saturated carbocycles. The van der Waals surface area contributed by atoms with Crippen molar-refractivity contribution in [2.24, 2.45) is 5.92 Å². The quantitative estimate of drug-likeness (QED) is 0.0385. The van der Waals surface area contributed by atoms with Crippen LogP contribution in [0.5, 0.6) is 0 Å². The second-order valence-corrected chi connectivity index (χ2v) is 14.3. The highest BCUT2D eigenvalue weighted by molar-refractivity contribution is 7.09. The van der Waals surface area contributed by atoms with Gasteiger partial charge in [0.05, 0.1) is 6.61 Å². The summed E-state index contributed by atoms with van der Waals surface area (Å²) in [5.41, 5.74) is 0. The lowest BCUT2D eigenvalue weighted by molar-refractivity contribution is -0.153. The van der Waals surface area contributed by atoms with Gasteiger partial charge in [-0.3, -0.25) is 0 Å². The van der Waals surface area contributed by atoms with Gasteiger partial charge in [0.25, 0.3) is 0 Å². The minimum absolute atomic E-state index is 0.155. The van der Waals surface area contributed by atoms with Crippen LogP contribution in [0.3, 0.4) is 0 Å². The van der Waals surface area contributed by atoms with E-state index in [1.54, 1.807) is 0 Å². The van der Waals surface area contributed by atoms with Crippen molar-refractivity contribution in [2.75, 3.05) is 6.61 Å². The van der Waals surface area contributed by atoms with Crippen LogP contribution in [0, 0.1) is 5.92 Å². The van der Waals surface area contributed by atoms with E-state index in [2.05, 4.69) is 30.2 Å². The lowest BCUT2D eigenvalue weighted by Gasteiger charge is -2.20. The van der Waals surface area contributed by atoms with Gasteiger partial charge in [0.15, 0.2) is 6.10 Å². The summed E-state index contributed by atoms with van der Waals surface area (Å²) in [6.07, 6.45) is 43.6. The summed E-state index contributed by atoms with van der Waals surface area (Å²) in [6.45, 7) is 7.38. The number of esters is 1. The maximum absolute atomic E-state index is 12.8. The van der Waals surface area contributed by atoms with E-state index in [1.165, 1.54) is 193 Å². The Hall–Kier alpha value is -0.140. The van der Waals surface area contributed by atoms with Crippen molar-refractivity contribution in [3.05, 3.63) is 0 Å². The fourth-order valence-electron chi connectivity index (χ4n) is 6.50. The molecular weight excluding hydrogens is 559 g/mol. The second-order valence-electron chi connectivity index (χ2n) is 14.0. The first-order chi connectivity index (χ1) is 21.7. The van der Waals surface area contributed by atoms with E-state index < -0.39 is 6.10 Å².